The Balaban J connectivity index is 3.04. The van der Waals surface area contributed by atoms with Crippen LogP contribution in [0.15, 0.2) is 24.3 Å². The van der Waals surface area contributed by atoms with Gasteiger partial charge in [0.05, 0.1) is 12.0 Å². The molecule has 3 nitrogen and oxygen atoms in total. The van der Waals surface area contributed by atoms with E-state index in [9.17, 15) is 4.79 Å². The summed E-state index contributed by atoms with van der Waals surface area (Å²) in [6.45, 7) is 8.55. The van der Waals surface area contributed by atoms with Crippen LogP contribution in [-0.4, -0.2) is 24.4 Å². The van der Waals surface area contributed by atoms with Crippen LogP contribution in [0.3, 0.4) is 0 Å². The van der Waals surface area contributed by atoms with Gasteiger partial charge in [-0.3, -0.25) is 4.79 Å². The number of nitriles is 1. The molecule has 0 spiro atoms. The zero-order valence-electron chi connectivity index (χ0n) is 12.4. The number of hydrogen-bond donors (Lipinski definition) is 0. The number of nitrogens with zero attached hydrogens (tertiary/aromatic N) is 2. The highest BCUT2D eigenvalue weighted by atomic mass is 16.2. The Morgan fingerprint density at radius 2 is 1.95 bits per heavy atom. The normalized spacial score (nSPS) is 12.6. The van der Waals surface area contributed by atoms with Gasteiger partial charge in [0.2, 0.25) is 0 Å². The molecule has 0 saturated heterocycles. The van der Waals surface area contributed by atoms with Crippen molar-refractivity contribution in [2.45, 2.75) is 33.1 Å². The van der Waals surface area contributed by atoms with Gasteiger partial charge in [-0.15, -0.1) is 0 Å². The van der Waals surface area contributed by atoms with Crippen molar-refractivity contribution in [1.29, 1.82) is 5.26 Å². The van der Waals surface area contributed by atoms with E-state index in [4.69, 9.17) is 5.26 Å². The molecule has 1 rings (SSSR count). The Bertz CT molecular complexity index is 494. The summed E-state index contributed by atoms with van der Waals surface area (Å²) in [7, 11) is 1.75. The van der Waals surface area contributed by atoms with Gasteiger partial charge in [-0.25, -0.2) is 0 Å². The predicted molar refractivity (Wildman–Crippen MR) is 76.9 cm³/mol. The van der Waals surface area contributed by atoms with E-state index < -0.39 is 0 Å². The van der Waals surface area contributed by atoms with Crippen LogP contribution in [-0.2, 0) is 5.41 Å². The Morgan fingerprint density at radius 3 is 2.47 bits per heavy atom. The molecular formula is C16H22N2O. The molecule has 0 heterocycles. The molecule has 0 aliphatic carbocycles. The minimum atomic E-state index is -0.157. The van der Waals surface area contributed by atoms with Crippen molar-refractivity contribution in [2.75, 3.05) is 13.6 Å². The van der Waals surface area contributed by atoms with E-state index in [0.717, 1.165) is 11.1 Å². The summed E-state index contributed by atoms with van der Waals surface area (Å²) in [6, 6.07) is 9.84. The number of rotatable bonds is 3. The van der Waals surface area contributed by atoms with Crippen molar-refractivity contribution in [3.63, 3.8) is 0 Å². The lowest BCUT2D eigenvalue weighted by atomic mass is 9.83. The lowest BCUT2D eigenvalue weighted by Crippen LogP contribution is -2.32. The Labute approximate surface area is 115 Å². The molecule has 3 heteroatoms. The van der Waals surface area contributed by atoms with E-state index >= 15 is 0 Å². The van der Waals surface area contributed by atoms with Gasteiger partial charge in [0, 0.05) is 19.2 Å². The van der Waals surface area contributed by atoms with Crippen LogP contribution >= 0.6 is 0 Å². The largest absolute Gasteiger partial charge is 0.340 e. The van der Waals surface area contributed by atoms with Gasteiger partial charge >= 0.3 is 0 Å². The summed E-state index contributed by atoms with van der Waals surface area (Å²) in [5, 5.41) is 8.83. The maximum atomic E-state index is 12.5. The van der Waals surface area contributed by atoms with Crippen molar-refractivity contribution in [1.82, 2.24) is 4.90 Å². The van der Waals surface area contributed by atoms with Crippen LogP contribution in [0, 0.1) is 17.2 Å². The van der Waals surface area contributed by atoms with Crippen LogP contribution in [0.4, 0.5) is 0 Å². The highest BCUT2D eigenvalue weighted by Gasteiger charge is 2.23. The summed E-state index contributed by atoms with van der Waals surface area (Å²) < 4.78 is 0. The minimum absolute atomic E-state index is 0.0207. The monoisotopic (exact) mass is 258 g/mol. The van der Waals surface area contributed by atoms with Crippen LogP contribution in [0.25, 0.3) is 0 Å². The first-order valence-corrected chi connectivity index (χ1v) is 6.52. The summed E-state index contributed by atoms with van der Waals surface area (Å²) in [5.41, 5.74) is 1.69. The first-order valence-electron chi connectivity index (χ1n) is 6.52. The molecule has 1 amide bonds. The first kappa shape index (κ1) is 15.2. The molecule has 0 radical (unpaired) electrons. The summed E-state index contributed by atoms with van der Waals surface area (Å²) in [5.74, 6) is -0.177. The Kier molecular flexibility index (Phi) is 4.72. The van der Waals surface area contributed by atoms with Gasteiger partial charge < -0.3 is 4.90 Å². The molecule has 0 saturated carbocycles. The summed E-state index contributed by atoms with van der Waals surface area (Å²) in [6.07, 6.45) is 0. The van der Waals surface area contributed by atoms with E-state index in [1.54, 1.807) is 11.9 Å². The quantitative estimate of drug-likeness (QED) is 0.835. The fraction of sp³-hybridized carbons (Fsp3) is 0.500. The van der Waals surface area contributed by atoms with E-state index in [1.165, 1.54) is 0 Å². The molecule has 102 valence electrons. The standard InChI is InChI=1S/C16H22N2O/c1-12(10-17)11-18(5)15(19)13-8-6-7-9-14(13)16(2,3)4/h6-9,12H,11H2,1-5H3. The van der Waals surface area contributed by atoms with E-state index in [2.05, 4.69) is 26.8 Å². The molecule has 0 aliphatic heterocycles. The van der Waals surface area contributed by atoms with Gasteiger partial charge in [0.15, 0.2) is 0 Å². The molecule has 0 N–H and O–H groups in total. The van der Waals surface area contributed by atoms with Crippen LogP contribution in [0.2, 0.25) is 0 Å². The average molecular weight is 258 g/mol. The molecule has 1 aromatic rings. The van der Waals surface area contributed by atoms with E-state index in [-0.39, 0.29) is 17.2 Å². The lowest BCUT2D eigenvalue weighted by Gasteiger charge is -2.25. The van der Waals surface area contributed by atoms with Crippen LogP contribution in [0.1, 0.15) is 43.6 Å². The molecule has 19 heavy (non-hydrogen) atoms. The molecule has 1 atom stereocenters. The molecule has 1 aromatic carbocycles. The Hall–Kier alpha value is -1.82. The van der Waals surface area contributed by atoms with Gasteiger partial charge in [-0.1, -0.05) is 39.0 Å². The summed E-state index contributed by atoms with van der Waals surface area (Å²) >= 11 is 0. The number of hydrogen-bond acceptors (Lipinski definition) is 2. The fourth-order valence-corrected chi connectivity index (χ4v) is 2.06. The van der Waals surface area contributed by atoms with Crippen LogP contribution in [0.5, 0.6) is 0 Å². The second-order valence-corrected chi connectivity index (χ2v) is 6.01. The number of carbonyl (C=O) groups excluding carboxylic acids is 1. The molecule has 0 fully saturated rings. The minimum Gasteiger partial charge on any atom is -0.340 e. The second kappa shape index (κ2) is 5.88. The van der Waals surface area contributed by atoms with Crippen molar-refractivity contribution in [3.05, 3.63) is 35.4 Å². The Morgan fingerprint density at radius 1 is 1.37 bits per heavy atom. The van der Waals surface area contributed by atoms with Crippen molar-refractivity contribution < 1.29 is 4.79 Å². The summed E-state index contributed by atoms with van der Waals surface area (Å²) in [4.78, 5) is 14.1. The topological polar surface area (TPSA) is 44.1 Å². The fourth-order valence-electron chi connectivity index (χ4n) is 2.06. The molecule has 1 unspecified atom stereocenters. The number of amides is 1. The highest BCUT2D eigenvalue weighted by molar-refractivity contribution is 5.95. The van der Waals surface area contributed by atoms with E-state index in [0.29, 0.717) is 6.54 Å². The van der Waals surface area contributed by atoms with Gasteiger partial charge in [-0.2, -0.15) is 5.26 Å². The molecule has 0 bridgehead atoms. The SMILES string of the molecule is CC(C#N)CN(C)C(=O)c1ccccc1C(C)(C)C. The lowest BCUT2D eigenvalue weighted by molar-refractivity contribution is 0.0782. The van der Waals surface area contributed by atoms with Gasteiger partial charge in [0.25, 0.3) is 5.91 Å². The van der Waals surface area contributed by atoms with E-state index in [1.807, 2.05) is 31.2 Å². The van der Waals surface area contributed by atoms with Crippen molar-refractivity contribution in [3.8, 4) is 6.07 Å². The van der Waals surface area contributed by atoms with Crippen molar-refractivity contribution >= 4 is 5.91 Å². The number of carbonyl (C=O) groups is 1. The smallest absolute Gasteiger partial charge is 0.253 e. The third kappa shape index (κ3) is 3.82. The number of benzene rings is 1. The average Bonchev–Trinajstić information content (AvgIpc) is 2.36. The van der Waals surface area contributed by atoms with Crippen molar-refractivity contribution in [2.24, 2.45) is 5.92 Å². The third-order valence-corrected chi connectivity index (χ3v) is 3.08. The molecule has 0 aromatic heterocycles. The molecule has 0 aliphatic rings. The maximum absolute atomic E-state index is 12.5. The second-order valence-electron chi connectivity index (χ2n) is 6.01. The zero-order chi connectivity index (χ0) is 14.6. The first-order chi connectivity index (χ1) is 8.77. The van der Waals surface area contributed by atoms with Crippen LogP contribution < -0.4 is 0 Å². The maximum Gasteiger partial charge on any atom is 0.253 e. The van der Waals surface area contributed by atoms with Gasteiger partial charge in [0.1, 0.15) is 0 Å². The highest BCUT2D eigenvalue weighted by Crippen LogP contribution is 2.26. The predicted octanol–water partition coefficient (Wildman–Crippen LogP) is 3.22. The third-order valence-electron chi connectivity index (χ3n) is 3.08. The molecular weight excluding hydrogens is 236 g/mol. The van der Waals surface area contributed by atoms with Gasteiger partial charge in [-0.05, 0) is 24.0 Å². The zero-order valence-corrected chi connectivity index (χ0v) is 12.4.